The number of halogens is 1. The van der Waals surface area contributed by atoms with Gasteiger partial charge in [0.2, 0.25) is 0 Å². The Morgan fingerprint density at radius 3 is 2.68 bits per heavy atom. The summed E-state index contributed by atoms with van der Waals surface area (Å²) < 4.78 is 7.27. The van der Waals surface area contributed by atoms with Crippen molar-refractivity contribution in [3.05, 3.63) is 94.3 Å². The number of thioether (sulfide) groups is 1. The van der Waals surface area contributed by atoms with Crippen molar-refractivity contribution >= 4 is 35.1 Å². The van der Waals surface area contributed by atoms with Gasteiger partial charge in [0.25, 0.3) is 0 Å². The molecule has 37 heavy (non-hydrogen) atoms. The molecule has 0 aliphatic carbocycles. The van der Waals surface area contributed by atoms with Gasteiger partial charge in [0.05, 0.1) is 30.5 Å². The molecule has 1 atom stereocenters. The van der Waals surface area contributed by atoms with Crippen molar-refractivity contribution < 1.29 is 9.53 Å². The number of nitrogens with one attached hydrogen (secondary N) is 2. The largest absolute Gasteiger partial charge is 0.497 e. The van der Waals surface area contributed by atoms with Crippen LogP contribution in [0.25, 0.3) is 5.69 Å². The number of aryl methyl sites for hydroxylation is 1. The number of ether oxygens (including phenoxy) is 1. The number of aromatic nitrogens is 3. The van der Waals surface area contributed by atoms with Crippen LogP contribution in [0, 0.1) is 18.3 Å². The molecule has 0 fully saturated rings. The van der Waals surface area contributed by atoms with Gasteiger partial charge in [-0.1, -0.05) is 41.6 Å². The molecule has 0 saturated heterocycles. The van der Waals surface area contributed by atoms with Crippen molar-refractivity contribution in [2.45, 2.75) is 30.8 Å². The quantitative estimate of drug-likeness (QED) is 0.259. The Hall–Kier alpha value is -4.00. The standard InChI is InChI=1S/C27H25ClN6O2S/c1-17-7-10-21(28)14-24(17)34-25(18(2)30-26(35)31-22-11-8-19(15-29)9-12-22)32-33-27(34)37-16-20-5-4-6-23(13-20)36-3/h4-14,18H,16H2,1-3H3,(H2,30,31,35). The topological polar surface area (TPSA) is 105 Å². The Balaban J connectivity index is 1.59. The van der Waals surface area contributed by atoms with Crippen molar-refractivity contribution in [3.63, 3.8) is 0 Å². The number of benzene rings is 3. The third kappa shape index (κ3) is 6.42. The molecular weight excluding hydrogens is 508 g/mol. The van der Waals surface area contributed by atoms with Crippen LogP contribution in [0.3, 0.4) is 0 Å². The van der Waals surface area contributed by atoms with Crippen LogP contribution in [0.15, 0.2) is 71.9 Å². The minimum absolute atomic E-state index is 0.403. The van der Waals surface area contributed by atoms with E-state index in [0.29, 0.717) is 33.0 Å². The second-order valence-electron chi connectivity index (χ2n) is 8.26. The van der Waals surface area contributed by atoms with Crippen molar-refractivity contribution in [1.82, 2.24) is 20.1 Å². The zero-order valence-corrected chi connectivity index (χ0v) is 22.1. The highest BCUT2D eigenvalue weighted by molar-refractivity contribution is 7.98. The number of hydrogen-bond acceptors (Lipinski definition) is 6. The summed E-state index contributed by atoms with van der Waals surface area (Å²) in [4.78, 5) is 12.7. The predicted octanol–water partition coefficient (Wildman–Crippen LogP) is 6.28. The van der Waals surface area contributed by atoms with Gasteiger partial charge in [0.15, 0.2) is 11.0 Å². The van der Waals surface area contributed by atoms with Crippen LogP contribution >= 0.6 is 23.4 Å². The van der Waals surface area contributed by atoms with Crippen LogP contribution in [-0.2, 0) is 5.75 Å². The van der Waals surface area contributed by atoms with E-state index in [1.807, 2.05) is 60.9 Å². The van der Waals surface area contributed by atoms with Crippen LogP contribution in [0.5, 0.6) is 5.75 Å². The lowest BCUT2D eigenvalue weighted by molar-refractivity contribution is 0.249. The lowest BCUT2D eigenvalue weighted by Crippen LogP contribution is -2.32. The number of hydrogen-bond donors (Lipinski definition) is 2. The number of methoxy groups -OCH3 is 1. The van der Waals surface area contributed by atoms with E-state index in [0.717, 1.165) is 22.6 Å². The molecule has 0 aliphatic rings. The van der Waals surface area contributed by atoms with E-state index in [2.05, 4.69) is 26.9 Å². The molecule has 8 nitrogen and oxygen atoms in total. The fraction of sp³-hybridized carbons (Fsp3) is 0.185. The molecule has 3 aromatic carbocycles. The monoisotopic (exact) mass is 532 g/mol. The Labute approximate surface area is 224 Å². The summed E-state index contributed by atoms with van der Waals surface area (Å²) in [5.74, 6) is 2.00. The number of nitrogens with zero attached hydrogens (tertiary/aromatic N) is 4. The minimum Gasteiger partial charge on any atom is -0.497 e. The summed E-state index contributed by atoms with van der Waals surface area (Å²) in [6.07, 6.45) is 0. The summed E-state index contributed by atoms with van der Waals surface area (Å²) in [6.45, 7) is 3.83. The Morgan fingerprint density at radius 2 is 1.95 bits per heavy atom. The van der Waals surface area contributed by atoms with E-state index in [9.17, 15) is 4.79 Å². The molecular formula is C27H25ClN6O2S. The molecule has 1 aromatic heterocycles. The van der Waals surface area contributed by atoms with Gasteiger partial charge in [-0.15, -0.1) is 10.2 Å². The third-order valence-electron chi connectivity index (χ3n) is 5.58. The Kier molecular flexibility index (Phi) is 8.33. The maximum atomic E-state index is 12.7. The average Bonchev–Trinajstić information content (AvgIpc) is 3.33. The van der Waals surface area contributed by atoms with E-state index in [-0.39, 0.29) is 0 Å². The molecule has 0 spiro atoms. The van der Waals surface area contributed by atoms with Crippen molar-refractivity contribution in [1.29, 1.82) is 5.26 Å². The molecule has 2 amide bonds. The van der Waals surface area contributed by atoms with Gasteiger partial charge >= 0.3 is 6.03 Å². The first-order valence-corrected chi connectivity index (χ1v) is 12.8. The lowest BCUT2D eigenvalue weighted by Gasteiger charge is -2.18. The normalized spacial score (nSPS) is 11.4. The van der Waals surface area contributed by atoms with E-state index < -0.39 is 12.1 Å². The number of urea groups is 1. The van der Waals surface area contributed by atoms with Crippen LogP contribution in [0.2, 0.25) is 5.02 Å². The highest BCUT2D eigenvalue weighted by atomic mass is 35.5. The molecule has 0 bridgehead atoms. The number of anilines is 1. The van der Waals surface area contributed by atoms with Gasteiger partial charge in [-0.05, 0) is 73.5 Å². The first-order valence-electron chi connectivity index (χ1n) is 11.4. The second kappa shape index (κ2) is 11.8. The van der Waals surface area contributed by atoms with Crippen LogP contribution in [0.4, 0.5) is 10.5 Å². The van der Waals surface area contributed by atoms with Gasteiger partial charge in [-0.25, -0.2) is 4.79 Å². The number of carbonyl (C=O) groups is 1. The highest BCUT2D eigenvalue weighted by Gasteiger charge is 2.22. The molecule has 4 aromatic rings. The van der Waals surface area contributed by atoms with Gasteiger partial charge in [-0.2, -0.15) is 5.26 Å². The maximum Gasteiger partial charge on any atom is 0.319 e. The fourth-order valence-electron chi connectivity index (χ4n) is 3.67. The summed E-state index contributed by atoms with van der Waals surface area (Å²) in [6, 6.07) is 21.3. The first kappa shape index (κ1) is 26.1. The molecule has 0 radical (unpaired) electrons. The molecule has 188 valence electrons. The summed E-state index contributed by atoms with van der Waals surface area (Å²) in [5, 5.41) is 24.8. The number of nitriles is 1. The van der Waals surface area contributed by atoms with Crippen LogP contribution in [0.1, 0.15) is 35.5 Å². The lowest BCUT2D eigenvalue weighted by atomic mass is 10.2. The predicted molar refractivity (Wildman–Crippen MR) is 145 cm³/mol. The van der Waals surface area contributed by atoms with Crippen molar-refractivity contribution in [3.8, 4) is 17.5 Å². The molecule has 1 heterocycles. The molecule has 2 N–H and O–H groups in total. The van der Waals surface area contributed by atoms with Crippen LogP contribution < -0.4 is 15.4 Å². The average molecular weight is 533 g/mol. The fourth-order valence-corrected chi connectivity index (χ4v) is 4.73. The number of rotatable bonds is 8. The molecule has 0 aliphatic heterocycles. The summed E-state index contributed by atoms with van der Waals surface area (Å²) >= 11 is 7.87. The SMILES string of the molecule is COc1cccc(CSc2nnc(C(C)NC(=O)Nc3ccc(C#N)cc3)n2-c2cc(Cl)ccc2C)c1. The third-order valence-corrected chi connectivity index (χ3v) is 6.81. The van der Waals surface area contributed by atoms with E-state index in [1.165, 1.54) is 11.8 Å². The number of amides is 2. The van der Waals surface area contributed by atoms with Gasteiger partial charge in [-0.3, -0.25) is 4.57 Å². The minimum atomic E-state index is -0.476. The molecule has 0 saturated carbocycles. The Morgan fingerprint density at radius 1 is 1.16 bits per heavy atom. The van der Waals surface area contributed by atoms with Crippen molar-refractivity contribution in [2.75, 3.05) is 12.4 Å². The number of carbonyl (C=O) groups excluding carboxylic acids is 1. The van der Waals surface area contributed by atoms with E-state index >= 15 is 0 Å². The second-order valence-corrected chi connectivity index (χ2v) is 9.64. The molecule has 1 unspecified atom stereocenters. The van der Waals surface area contributed by atoms with Crippen molar-refractivity contribution in [2.24, 2.45) is 0 Å². The molecule has 10 heteroatoms. The Bertz CT molecular complexity index is 1450. The van der Waals surface area contributed by atoms with E-state index in [1.54, 1.807) is 31.4 Å². The first-order chi connectivity index (χ1) is 17.9. The summed E-state index contributed by atoms with van der Waals surface area (Å²) in [7, 11) is 1.64. The van der Waals surface area contributed by atoms with Crippen LogP contribution in [-0.4, -0.2) is 27.9 Å². The van der Waals surface area contributed by atoms with Gasteiger partial charge in [0, 0.05) is 16.5 Å². The van der Waals surface area contributed by atoms with Gasteiger partial charge < -0.3 is 15.4 Å². The molecule has 4 rings (SSSR count). The zero-order chi connectivity index (χ0) is 26.4. The van der Waals surface area contributed by atoms with E-state index in [4.69, 9.17) is 21.6 Å². The smallest absolute Gasteiger partial charge is 0.319 e. The zero-order valence-electron chi connectivity index (χ0n) is 20.5. The highest BCUT2D eigenvalue weighted by Crippen LogP contribution is 2.31. The maximum absolute atomic E-state index is 12.7. The van der Waals surface area contributed by atoms with Gasteiger partial charge in [0.1, 0.15) is 5.75 Å². The summed E-state index contributed by atoms with van der Waals surface area (Å²) in [5.41, 5.74) is 4.00.